The standard InChI is InChI=1S/C11H13NO2S.C11H11NO2S/c2*13-11-10-8(6-12-11)5-9(15-10)7-1-3-14-4-2-7/h5,7H,1-4,6H2,(H,12,13);1,5H,2-4,6H2,(H,12,13). The van der Waals surface area contributed by atoms with Crippen molar-refractivity contribution in [1.29, 1.82) is 0 Å². The summed E-state index contributed by atoms with van der Waals surface area (Å²) in [6.45, 7) is 4.62. The fourth-order valence-electron chi connectivity index (χ4n) is 4.13. The van der Waals surface area contributed by atoms with Crippen LogP contribution in [0.4, 0.5) is 0 Å². The first-order valence-electron chi connectivity index (χ1n) is 10.4. The molecule has 158 valence electrons. The van der Waals surface area contributed by atoms with Gasteiger partial charge < -0.3 is 20.1 Å². The van der Waals surface area contributed by atoms with Crippen molar-refractivity contribution >= 4 is 40.1 Å². The van der Waals surface area contributed by atoms with Crippen LogP contribution >= 0.6 is 22.7 Å². The number of carbonyl (C=O) groups excluding carboxylic acids is 2. The van der Waals surface area contributed by atoms with Gasteiger partial charge in [-0.2, -0.15) is 0 Å². The maximum atomic E-state index is 11.4. The molecule has 6 nitrogen and oxygen atoms in total. The Balaban J connectivity index is 0.000000128. The highest BCUT2D eigenvalue weighted by Gasteiger charge is 2.26. The summed E-state index contributed by atoms with van der Waals surface area (Å²) < 4.78 is 10.6. The van der Waals surface area contributed by atoms with Crippen LogP contribution in [0.5, 0.6) is 0 Å². The van der Waals surface area contributed by atoms with Crippen molar-refractivity contribution in [3.8, 4) is 0 Å². The summed E-state index contributed by atoms with van der Waals surface area (Å²) >= 11 is 3.27. The quantitative estimate of drug-likeness (QED) is 0.741. The summed E-state index contributed by atoms with van der Waals surface area (Å²) in [6, 6.07) is 4.34. The fourth-order valence-corrected chi connectivity index (χ4v) is 6.56. The summed E-state index contributed by atoms with van der Waals surface area (Å²) in [6.07, 6.45) is 5.27. The summed E-state index contributed by atoms with van der Waals surface area (Å²) in [4.78, 5) is 27.3. The Morgan fingerprint density at radius 3 is 2.20 bits per heavy atom. The smallest absolute Gasteiger partial charge is 0.261 e. The zero-order valence-corrected chi connectivity index (χ0v) is 18.3. The average Bonchev–Trinajstić information content (AvgIpc) is 3.55. The van der Waals surface area contributed by atoms with Gasteiger partial charge in [-0.1, -0.05) is 6.08 Å². The molecule has 0 unspecified atom stereocenters. The van der Waals surface area contributed by atoms with Crippen LogP contribution in [-0.4, -0.2) is 38.2 Å². The molecule has 4 aliphatic rings. The average molecular weight is 445 g/mol. The second-order valence-corrected chi connectivity index (χ2v) is 9.91. The lowest BCUT2D eigenvalue weighted by Gasteiger charge is -2.20. The first-order valence-corrected chi connectivity index (χ1v) is 12.0. The lowest BCUT2D eigenvalue weighted by molar-refractivity contribution is 0.0860. The van der Waals surface area contributed by atoms with Crippen LogP contribution in [0, 0.1) is 0 Å². The molecule has 8 heteroatoms. The second-order valence-electron chi connectivity index (χ2n) is 7.77. The highest BCUT2D eigenvalue weighted by molar-refractivity contribution is 7.15. The SMILES string of the molecule is O=C1NCc2cc(C3=CCOCC3)sc21.O=C1NCc2cc(C3CCOCC3)sc21. The number of nitrogens with one attached hydrogen (secondary N) is 2. The van der Waals surface area contributed by atoms with Crippen LogP contribution in [0.15, 0.2) is 18.2 Å². The van der Waals surface area contributed by atoms with E-state index < -0.39 is 0 Å². The Labute approximate surface area is 183 Å². The highest BCUT2D eigenvalue weighted by Crippen LogP contribution is 2.36. The molecular formula is C22H24N2O4S2. The number of hydrogen-bond acceptors (Lipinski definition) is 6. The molecule has 2 aromatic rings. The van der Waals surface area contributed by atoms with E-state index in [1.807, 2.05) is 0 Å². The van der Waals surface area contributed by atoms with Gasteiger partial charge >= 0.3 is 0 Å². The molecule has 0 aromatic carbocycles. The number of rotatable bonds is 2. The first-order chi connectivity index (χ1) is 14.7. The molecule has 0 bridgehead atoms. The number of hydrogen-bond donors (Lipinski definition) is 2. The minimum atomic E-state index is 0.0777. The third-order valence-electron chi connectivity index (χ3n) is 5.83. The third-order valence-corrected chi connectivity index (χ3v) is 8.42. The van der Waals surface area contributed by atoms with Crippen LogP contribution in [0.1, 0.15) is 65.4 Å². The van der Waals surface area contributed by atoms with Crippen LogP contribution < -0.4 is 10.6 Å². The van der Waals surface area contributed by atoms with Gasteiger partial charge in [-0.05, 0) is 54.0 Å². The molecule has 0 spiro atoms. The topological polar surface area (TPSA) is 76.7 Å². The molecule has 1 saturated heterocycles. The molecule has 30 heavy (non-hydrogen) atoms. The molecule has 2 aromatic heterocycles. The van der Waals surface area contributed by atoms with Gasteiger partial charge in [0.1, 0.15) is 0 Å². The van der Waals surface area contributed by atoms with Crippen LogP contribution in [0.2, 0.25) is 0 Å². The largest absolute Gasteiger partial charge is 0.381 e. The van der Waals surface area contributed by atoms with Crippen molar-refractivity contribution in [2.75, 3.05) is 26.4 Å². The number of fused-ring (bicyclic) bond motifs is 2. The van der Waals surface area contributed by atoms with Gasteiger partial charge in [0.25, 0.3) is 11.8 Å². The van der Waals surface area contributed by atoms with Gasteiger partial charge in [0.05, 0.1) is 23.0 Å². The van der Waals surface area contributed by atoms with Gasteiger partial charge in [-0.15, -0.1) is 22.7 Å². The molecule has 0 radical (unpaired) electrons. The monoisotopic (exact) mass is 444 g/mol. The Morgan fingerprint density at radius 2 is 1.57 bits per heavy atom. The zero-order valence-electron chi connectivity index (χ0n) is 16.6. The molecule has 4 aliphatic heterocycles. The van der Waals surface area contributed by atoms with E-state index >= 15 is 0 Å². The number of ether oxygens (including phenoxy) is 2. The van der Waals surface area contributed by atoms with Crippen molar-refractivity contribution in [3.05, 3.63) is 48.8 Å². The number of thiophene rings is 2. The third kappa shape index (κ3) is 3.97. The van der Waals surface area contributed by atoms with Crippen LogP contribution in [-0.2, 0) is 22.6 Å². The van der Waals surface area contributed by atoms with Gasteiger partial charge in [0.2, 0.25) is 0 Å². The zero-order chi connectivity index (χ0) is 20.5. The van der Waals surface area contributed by atoms with E-state index in [0.29, 0.717) is 25.6 Å². The Bertz CT molecular complexity index is 1000. The lowest BCUT2D eigenvalue weighted by atomic mass is 9.98. The minimum Gasteiger partial charge on any atom is -0.381 e. The van der Waals surface area contributed by atoms with Crippen molar-refractivity contribution in [3.63, 3.8) is 0 Å². The van der Waals surface area contributed by atoms with Crippen molar-refractivity contribution in [2.24, 2.45) is 0 Å². The maximum absolute atomic E-state index is 11.4. The predicted octanol–water partition coefficient (Wildman–Crippen LogP) is 3.68. The Hall–Kier alpha value is -2.00. The predicted molar refractivity (Wildman–Crippen MR) is 117 cm³/mol. The molecular weight excluding hydrogens is 420 g/mol. The molecule has 2 amide bonds. The van der Waals surface area contributed by atoms with E-state index in [1.54, 1.807) is 22.7 Å². The number of amides is 2. The molecule has 1 fully saturated rings. The molecule has 0 atom stereocenters. The summed E-state index contributed by atoms with van der Waals surface area (Å²) in [5.41, 5.74) is 3.66. The Morgan fingerprint density at radius 1 is 0.867 bits per heavy atom. The van der Waals surface area contributed by atoms with E-state index in [9.17, 15) is 9.59 Å². The van der Waals surface area contributed by atoms with Gasteiger partial charge in [0.15, 0.2) is 0 Å². The molecule has 6 rings (SSSR count). The van der Waals surface area contributed by atoms with Crippen LogP contribution in [0.25, 0.3) is 5.57 Å². The molecule has 0 aliphatic carbocycles. The summed E-state index contributed by atoms with van der Waals surface area (Å²) in [5.74, 6) is 0.796. The molecule has 2 N–H and O–H groups in total. The van der Waals surface area contributed by atoms with E-state index in [-0.39, 0.29) is 11.8 Å². The molecule has 0 saturated carbocycles. The van der Waals surface area contributed by atoms with Crippen molar-refractivity contribution < 1.29 is 19.1 Å². The minimum absolute atomic E-state index is 0.0777. The summed E-state index contributed by atoms with van der Waals surface area (Å²) in [7, 11) is 0. The van der Waals surface area contributed by atoms with Gasteiger partial charge in [-0.25, -0.2) is 0 Å². The van der Waals surface area contributed by atoms with E-state index in [2.05, 4.69) is 28.8 Å². The molecule has 6 heterocycles. The van der Waals surface area contributed by atoms with Gasteiger partial charge in [0, 0.05) is 36.1 Å². The lowest BCUT2D eigenvalue weighted by Crippen LogP contribution is -2.14. The number of carbonyl (C=O) groups is 2. The van der Waals surface area contributed by atoms with Crippen molar-refractivity contribution in [1.82, 2.24) is 10.6 Å². The van der Waals surface area contributed by atoms with E-state index in [1.165, 1.54) is 20.9 Å². The van der Waals surface area contributed by atoms with E-state index in [4.69, 9.17) is 9.47 Å². The normalized spacial score (nSPS) is 20.6. The first kappa shape index (κ1) is 19.9. The highest BCUT2D eigenvalue weighted by atomic mass is 32.1. The van der Waals surface area contributed by atoms with Crippen LogP contribution in [0.3, 0.4) is 0 Å². The van der Waals surface area contributed by atoms with Crippen molar-refractivity contribution in [2.45, 2.75) is 38.3 Å². The maximum Gasteiger partial charge on any atom is 0.261 e. The van der Waals surface area contributed by atoms with Gasteiger partial charge in [-0.3, -0.25) is 9.59 Å². The summed E-state index contributed by atoms with van der Waals surface area (Å²) in [5, 5.41) is 5.66. The van der Waals surface area contributed by atoms with E-state index in [0.717, 1.165) is 54.4 Å². The second kappa shape index (κ2) is 8.63. The fraction of sp³-hybridized carbons (Fsp3) is 0.455. The Kier molecular flexibility index (Phi) is 5.73.